The summed E-state index contributed by atoms with van der Waals surface area (Å²) < 4.78 is 9.48. The molecule has 0 aliphatic heterocycles. The van der Waals surface area contributed by atoms with E-state index in [1.54, 1.807) is 6.07 Å². The third kappa shape index (κ3) is 2.00. The number of halogens is 1. The van der Waals surface area contributed by atoms with Gasteiger partial charge in [-0.1, -0.05) is 25.2 Å². The lowest BCUT2D eigenvalue weighted by Gasteiger charge is -2.05. The van der Waals surface area contributed by atoms with Crippen LogP contribution in [-0.4, -0.2) is 16.5 Å². The maximum absolute atomic E-state index is 10.7. The van der Waals surface area contributed by atoms with Gasteiger partial charge in [0.1, 0.15) is 0 Å². The summed E-state index contributed by atoms with van der Waals surface area (Å²) in [7, 11) is 1.40. The molecule has 0 atom stereocenters. The number of nitrogens with two attached hydrogens (primary N) is 1. The van der Waals surface area contributed by atoms with Gasteiger partial charge in [-0.2, -0.15) is 0 Å². The summed E-state index contributed by atoms with van der Waals surface area (Å²) >= 11 is -0.537. The molecule has 2 N–H and O–H groups in total. The van der Waals surface area contributed by atoms with Gasteiger partial charge >= 0.3 is 5.69 Å². The van der Waals surface area contributed by atoms with E-state index in [2.05, 4.69) is 4.51 Å². The number of hydrogen-bond acceptors (Lipinski definition) is 4. The van der Waals surface area contributed by atoms with Gasteiger partial charge in [0.25, 0.3) is 0 Å². The minimum Gasteiger partial charge on any atom is -0.489 e. The molecule has 0 saturated heterocycles. The van der Waals surface area contributed by atoms with Gasteiger partial charge in [-0.25, -0.2) is 0 Å². The highest BCUT2D eigenvalue weighted by Gasteiger charge is 2.18. The van der Waals surface area contributed by atoms with Crippen molar-refractivity contribution in [2.75, 3.05) is 12.8 Å². The van der Waals surface area contributed by atoms with Crippen molar-refractivity contribution in [2.24, 2.45) is 0 Å². The monoisotopic (exact) mass is 308 g/mol. The molecule has 1 rings (SSSR count). The Bertz CT molecular complexity index is 392. The normalized spacial score (nSPS) is 9.79. The van der Waals surface area contributed by atoms with Crippen molar-refractivity contribution in [3.8, 4) is 5.75 Å². The van der Waals surface area contributed by atoms with Gasteiger partial charge in [0.15, 0.2) is 0 Å². The SMILES string of the molecule is C=Ic1cc(N)cc([N+](=O)[O-])c1OC. The summed E-state index contributed by atoms with van der Waals surface area (Å²) in [6, 6.07) is 2.97. The number of rotatable bonds is 3. The summed E-state index contributed by atoms with van der Waals surface area (Å²) in [6.07, 6.45) is 0. The number of anilines is 1. The lowest BCUT2D eigenvalue weighted by molar-refractivity contribution is -0.385. The summed E-state index contributed by atoms with van der Waals surface area (Å²) in [5, 5.41) is 10.7. The van der Waals surface area contributed by atoms with Crippen molar-refractivity contribution in [2.45, 2.75) is 0 Å². The second-order valence-electron chi connectivity index (χ2n) is 2.45. The van der Waals surface area contributed by atoms with E-state index in [0.717, 1.165) is 3.57 Å². The Morgan fingerprint density at radius 2 is 2.29 bits per heavy atom. The Morgan fingerprint density at radius 3 is 2.71 bits per heavy atom. The van der Waals surface area contributed by atoms with Crippen LogP contribution in [0.4, 0.5) is 11.4 Å². The van der Waals surface area contributed by atoms with Gasteiger partial charge < -0.3 is 10.5 Å². The molecule has 0 aliphatic rings. The molecular weight excluding hydrogens is 299 g/mol. The number of ether oxygens (including phenoxy) is 1. The van der Waals surface area contributed by atoms with Gasteiger partial charge in [0.05, 0.1) is 15.6 Å². The molecule has 0 spiro atoms. The molecule has 5 nitrogen and oxygen atoms in total. The molecular formula is C8H9IN2O3. The van der Waals surface area contributed by atoms with Crippen LogP contribution in [0.3, 0.4) is 0 Å². The van der Waals surface area contributed by atoms with Gasteiger partial charge in [-0.05, 0) is 6.07 Å². The first kappa shape index (κ1) is 10.9. The van der Waals surface area contributed by atoms with Gasteiger partial charge in [-0.15, -0.1) is 0 Å². The van der Waals surface area contributed by atoms with E-state index in [1.807, 2.05) is 0 Å². The number of nitrogens with zero attached hydrogens (tertiary/aromatic N) is 1. The van der Waals surface area contributed by atoms with Gasteiger partial charge in [0.2, 0.25) is 5.75 Å². The van der Waals surface area contributed by atoms with Crippen molar-refractivity contribution in [1.82, 2.24) is 0 Å². The third-order valence-corrected chi connectivity index (χ3v) is 3.21. The molecule has 0 saturated carbocycles. The fourth-order valence-electron chi connectivity index (χ4n) is 1.04. The fraction of sp³-hybridized carbons (Fsp3) is 0.125. The molecule has 6 heteroatoms. The van der Waals surface area contributed by atoms with Crippen LogP contribution in [0.5, 0.6) is 5.75 Å². The second-order valence-corrected chi connectivity index (χ2v) is 4.37. The first-order chi connectivity index (χ1) is 6.60. The van der Waals surface area contributed by atoms with Crippen LogP contribution < -0.4 is 10.5 Å². The van der Waals surface area contributed by atoms with E-state index < -0.39 is 25.7 Å². The predicted molar refractivity (Wildman–Crippen MR) is 63.9 cm³/mol. The highest BCUT2D eigenvalue weighted by Crippen LogP contribution is 2.35. The van der Waals surface area contributed by atoms with Gasteiger partial charge in [0, 0.05) is 11.8 Å². The van der Waals surface area contributed by atoms with Crippen molar-refractivity contribution in [1.29, 1.82) is 0 Å². The van der Waals surface area contributed by atoms with E-state index in [0.29, 0.717) is 5.69 Å². The number of hydrogen-bond donors (Lipinski definition) is 1. The lowest BCUT2D eigenvalue weighted by atomic mass is 10.2. The number of benzene rings is 1. The van der Waals surface area contributed by atoms with Crippen LogP contribution in [0, 0.1) is 13.7 Å². The quantitative estimate of drug-likeness (QED) is 0.399. The van der Waals surface area contributed by atoms with Crippen molar-refractivity contribution in [3.05, 3.63) is 25.8 Å². The highest BCUT2D eigenvalue weighted by atomic mass is 127. The molecule has 76 valence electrons. The highest BCUT2D eigenvalue weighted by molar-refractivity contribution is 14.2. The number of nitro groups is 1. The number of nitrogen functional groups attached to an aromatic ring is 1. The number of methoxy groups -OCH3 is 1. The van der Waals surface area contributed by atoms with E-state index in [9.17, 15) is 10.1 Å². The zero-order valence-corrected chi connectivity index (χ0v) is 9.65. The smallest absolute Gasteiger partial charge is 0.314 e. The van der Waals surface area contributed by atoms with Crippen LogP contribution in [0.1, 0.15) is 0 Å². The maximum atomic E-state index is 10.7. The van der Waals surface area contributed by atoms with Crippen molar-refractivity contribution >= 4 is 36.6 Å². The Morgan fingerprint density at radius 1 is 1.64 bits per heavy atom. The molecule has 1 aromatic carbocycles. The first-order valence-electron chi connectivity index (χ1n) is 3.60. The van der Waals surface area contributed by atoms with Crippen molar-refractivity contribution in [3.63, 3.8) is 0 Å². The van der Waals surface area contributed by atoms with Crippen LogP contribution in [0.25, 0.3) is 0 Å². The summed E-state index contributed by atoms with van der Waals surface area (Å²) in [6.45, 7) is 0. The number of nitro benzene ring substituents is 1. The van der Waals surface area contributed by atoms with Crippen LogP contribution in [-0.2, 0) is 0 Å². The van der Waals surface area contributed by atoms with Crippen molar-refractivity contribution < 1.29 is 9.66 Å². The molecule has 0 radical (unpaired) electrons. The van der Waals surface area contributed by atoms with E-state index in [1.165, 1.54) is 13.2 Å². The van der Waals surface area contributed by atoms with E-state index in [4.69, 9.17) is 10.5 Å². The molecule has 0 amide bonds. The molecule has 0 bridgehead atoms. The fourth-order valence-corrected chi connectivity index (χ4v) is 2.46. The molecule has 0 unspecified atom stereocenters. The van der Waals surface area contributed by atoms with E-state index >= 15 is 0 Å². The van der Waals surface area contributed by atoms with Crippen LogP contribution in [0.2, 0.25) is 0 Å². The average molecular weight is 308 g/mol. The minimum absolute atomic E-state index is 0.0918. The molecule has 1 aromatic rings. The first-order valence-corrected chi connectivity index (χ1v) is 6.21. The second kappa shape index (κ2) is 4.36. The van der Waals surface area contributed by atoms with Crippen LogP contribution in [0.15, 0.2) is 12.1 Å². The maximum Gasteiger partial charge on any atom is 0.314 e. The minimum atomic E-state index is -0.537. The molecule has 0 heterocycles. The summed E-state index contributed by atoms with van der Waals surface area (Å²) in [5.74, 6) is 0.284. The predicted octanol–water partition coefficient (Wildman–Crippen LogP) is 1.76. The topological polar surface area (TPSA) is 78.4 Å². The van der Waals surface area contributed by atoms with Gasteiger partial charge in [-0.3, -0.25) is 10.1 Å². The molecule has 0 fully saturated rings. The summed E-state index contributed by atoms with van der Waals surface area (Å²) in [4.78, 5) is 10.2. The zero-order valence-electron chi connectivity index (χ0n) is 7.49. The Labute approximate surface area is 90.8 Å². The summed E-state index contributed by atoms with van der Waals surface area (Å²) in [5.41, 5.74) is 5.81. The third-order valence-electron chi connectivity index (χ3n) is 1.59. The lowest BCUT2D eigenvalue weighted by Crippen LogP contribution is -1.98. The standard InChI is InChI=1S/C8H9IN2O3/c1-9-6-3-5(10)4-7(11(12)13)8(6)14-2/h3-4H,1,10H2,2H3. The van der Waals surface area contributed by atoms with E-state index in [-0.39, 0.29) is 11.4 Å². The average Bonchev–Trinajstić information content (AvgIpc) is 2.16. The molecule has 0 aromatic heterocycles. The molecule has 0 aliphatic carbocycles. The van der Waals surface area contributed by atoms with Crippen LogP contribution >= 0.6 is 20.7 Å². The zero-order chi connectivity index (χ0) is 10.7. The largest absolute Gasteiger partial charge is 0.489 e. The Hall–Kier alpha value is -1.18. The Kier molecular flexibility index (Phi) is 3.39. The molecule has 14 heavy (non-hydrogen) atoms. The Balaban J connectivity index is 3.46.